The van der Waals surface area contributed by atoms with Crippen molar-refractivity contribution in [1.82, 2.24) is 10.3 Å². The summed E-state index contributed by atoms with van der Waals surface area (Å²) in [6, 6.07) is 17.2. The van der Waals surface area contributed by atoms with Gasteiger partial charge in [-0.2, -0.15) is 0 Å². The Morgan fingerprint density at radius 2 is 1.89 bits per heavy atom. The van der Waals surface area contributed by atoms with Gasteiger partial charge in [-0.15, -0.1) is 0 Å². The minimum Gasteiger partial charge on any atom is -0.496 e. The van der Waals surface area contributed by atoms with Crippen molar-refractivity contribution in [2.24, 2.45) is 0 Å². The maximum atomic E-state index is 13.7. The monoisotopic (exact) mass is 365 g/mol. The number of carbonyl (C=O) groups excluding carboxylic acids is 1. The number of nitrogens with one attached hydrogen (secondary N) is 2. The summed E-state index contributed by atoms with van der Waals surface area (Å²) in [5.74, 6) is 0.597. The zero-order valence-corrected chi connectivity index (χ0v) is 14.9. The van der Waals surface area contributed by atoms with Crippen LogP contribution in [0.15, 0.2) is 66.9 Å². The standard InChI is InChI=1S/C21H20FN3O2/c1-27-19-9-5-2-6-15(19)10-13-24-21(26)16-11-12-23-20(14-16)25-18-8-4-3-7-17(18)22/h2-9,11-12,14H,10,13H2,1H3,(H,23,25)(H,24,26). The number of benzene rings is 2. The smallest absolute Gasteiger partial charge is 0.251 e. The van der Waals surface area contributed by atoms with E-state index in [0.717, 1.165) is 11.3 Å². The quantitative estimate of drug-likeness (QED) is 0.666. The van der Waals surface area contributed by atoms with Crippen LogP contribution < -0.4 is 15.4 Å². The second-order valence-electron chi connectivity index (χ2n) is 5.85. The Labute approximate surface area is 157 Å². The van der Waals surface area contributed by atoms with Crippen LogP contribution in [-0.4, -0.2) is 24.5 Å². The number of para-hydroxylation sites is 2. The normalized spacial score (nSPS) is 10.3. The molecule has 0 bridgehead atoms. The molecule has 5 nitrogen and oxygen atoms in total. The molecule has 0 fully saturated rings. The second-order valence-corrected chi connectivity index (χ2v) is 5.85. The van der Waals surface area contributed by atoms with E-state index in [1.165, 1.54) is 12.3 Å². The number of amides is 1. The highest BCUT2D eigenvalue weighted by atomic mass is 19.1. The summed E-state index contributed by atoms with van der Waals surface area (Å²) in [5, 5.41) is 5.76. The van der Waals surface area contributed by atoms with Crippen molar-refractivity contribution in [2.45, 2.75) is 6.42 Å². The van der Waals surface area contributed by atoms with Crippen molar-refractivity contribution in [3.63, 3.8) is 0 Å². The highest BCUT2D eigenvalue weighted by molar-refractivity contribution is 5.94. The van der Waals surface area contributed by atoms with Crippen LogP contribution in [0.25, 0.3) is 0 Å². The molecule has 138 valence electrons. The van der Waals surface area contributed by atoms with Gasteiger partial charge in [0.2, 0.25) is 0 Å². The number of nitrogens with zero attached hydrogens (tertiary/aromatic N) is 1. The van der Waals surface area contributed by atoms with Gasteiger partial charge < -0.3 is 15.4 Å². The lowest BCUT2D eigenvalue weighted by Gasteiger charge is -2.10. The van der Waals surface area contributed by atoms with Crippen LogP contribution in [0.4, 0.5) is 15.9 Å². The van der Waals surface area contributed by atoms with Gasteiger partial charge in [0.05, 0.1) is 12.8 Å². The average molecular weight is 365 g/mol. The van der Waals surface area contributed by atoms with E-state index in [1.807, 2.05) is 24.3 Å². The van der Waals surface area contributed by atoms with Gasteiger partial charge in [0.25, 0.3) is 5.91 Å². The Morgan fingerprint density at radius 3 is 2.70 bits per heavy atom. The number of aromatic nitrogens is 1. The number of anilines is 2. The van der Waals surface area contributed by atoms with E-state index >= 15 is 0 Å². The Morgan fingerprint density at radius 1 is 1.11 bits per heavy atom. The molecule has 0 saturated carbocycles. The van der Waals surface area contributed by atoms with E-state index in [1.54, 1.807) is 37.4 Å². The highest BCUT2D eigenvalue weighted by Gasteiger charge is 2.09. The summed E-state index contributed by atoms with van der Waals surface area (Å²) >= 11 is 0. The summed E-state index contributed by atoms with van der Waals surface area (Å²) in [6.45, 7) is 0.470. The number of rotatable bonds is 7. The molecule has 0 unspecified atom stereocenters. The van der Waals surface area contributed by atoms with Crippen LogP contribution in [0.5, 0.6) is 5.75 Å². The molecule has 0 atom stereocenters. The first kappa shape index (κ1) is 18.4. The molecule has 3 rings (SSSR count). The first-order chi connectivity index (χ1) is 13.2. The number of pyridine rings is 1. The molecule has 2 N–H and O–H groups in total. The molecule has 1 heterocycles. The fraction of sp³-hybridized carbons (Fsp3) is 0.143. The third kappa shape index (κ3) is 4.82. The summed E-state index contributed by atoms with van der Waals surface area (Å²) in [6.07, 6.45) is 2.17. The molecule has 1 amide bonds. The number of ether oxygens (including phenoxy) is 1. The Balaban J connectivity index is 1.61. The van der Waals surface area contributed by atoms with E-state index in [0.29, 0.717) is 30.0 Å². The predicted molar refractivity (Wildman–Crippen MR) is 103 cm³/mol. The van der Waals surface area contributed by atoms with Gasteiger partial charge in [-0.3, -0.25) is 4.79 Å². The molecule has 0 radical (unpaired) electrons. The van der Waals surface area contributed by atoms with Crippen LogP contribution in [0.1, 0.15) is 15.9 Å². The highest BCUT2D eigenvalue weighted by Crippen LogP contribution is 2.19. The van der Waals surface area contributed by atoms with Crippen molar-refractivity contribution < 1.29 is 13.9 Å². The number of methoxy groups -OCH3 is 1. The van der Waals surface area contributed by atoms with E-state index < -0.39 is 0 Å². The minimum absolute atomic E-state index is 0.219. The molecule has 3 aromatic rings. The van der Waals surface area contributed by atoms with Gasteiger partial charge in [0.15, 0.2) is 0 Å². The van der Waals surface area contributed by atoms with Crippen LogP contribution >= 0.6 is 0 Å². The maximum Gasteiger partial charge on any atom is 0.251 e. The molecule has 0 saturated heterocycles. The lowest BCUT2D eigenvalue weighted by atomic mass is 10.1. The van der Waals surface area contributed by atoms with Crippen molar-refractivity contribution in [3.05, 3.63) is 83.8 Å². The van der Waals surface area contributed by atoms with E-state index in [4.69, 9.17) is 4.74 Å². The second kappa shape index (κ2) is 8.80. The van der Waals surface area contributed by atoms with Crippen molar-refractivity contribution in [1.29, 1.82) is 0 Å². The number of carbonyl (C=O) groups is 1. The van der Waals surface area contributed by atoms with Gasteiger partial charge in [0.1, 0.15) is 17.4 Å². The maximum absolute atomic E-state index is 13.7. The summed E-state index contributed by atoms with van der Waals surface area (Å²) in [5.41, 5.74) is 1.78. The predicted octanol–water partition coefficient (Wildman–Crippen LogP) is 3.95. The topological polar surface area (TPSA) is 63.2 Å². The van der Waals surface area contributed by atoms with Crippen molar-refractivity contribution in [2.75, 3.05) is 19.0 Å². The SMILES string of the molecule is COc1ccccc1CCNC(=O)c1ccnc(Nc2ccccc2F)c1. The Bertz CT molecular complexity index is 931. The summed E-state index contributed by atoms with van der Waals surface area (Å²) in [7, 11) is 1.62. The Hall–Kier alpha value is -3.41. The van der Waals surface area contributed by atoms with E-state index in [9.17, 15) is 9.18 Å². The molecule has 0 aliphatic carbocycles. The van der Waals surface area contributed by atoms with Gasteiger partial charge in [-0.1, -0.05) is 30.3 Å². The van der Waals surface area contributed by atoms with Crippen molar-refractivity contribution >= 4 is 17.4 Å². The van der Waals surface area contributed by atoms with Crippen molar-refractivity contribution in [3.8, 4) is 5.75 Å². The molecule has 0 aliphatic heterocycles. The third-order valence-electron chi connectivity index (χ3n) is 4.03. The third-order valence-corrected chi connectivity index (χ3v) is 4.03. The van der Waals surface area contributed by atoms with Crippen LogP contribution in [0, 0.1) is 5.82 Å². The molecular weight excluding hydrogens is 345 g/mol. The van der Waals surface area contributed by atoms with E-state index in [-0.39, 0.29) is 11.7 Å². The lowest BCUT2D eigenvalue weighted by molar-refractivity contribution is 0.0954. The molecule has 27 heavy (non-hydrogen) atoms. The fourth-order valence-electron chi connectivity index (χ4n) is 2.66. The van der Waals surface area contributed by atoms with E-state index in [2.05, 4.69) is 15.6 Å². The van der Waals surface area contributed by atoms with Crippen LogP contribution in [0.2, 0.25) is 0 Å². The Kier molecular flexibility index (Phi) is 5.99. The van der Waals surface area contributed by atoms with Crippen LogP contribution in [-0.2, 0) is 6.42 Å². The molecule has 2 aromatic carbocycles. The fourth-order valence-corrected chi connectivity index (χ4v) is 2.66. The van der Waals surface area contributed by atoms with Gasteiger partial charge in [-0.05, 0) is 42.3 Å². The molecule has 1 aromatic heterocycles. The zero-order valence-electron chi connectivity index (χ0n) is 14.9. The molecule has 0 spiro atoms. The number of halogens is 1. The first-order valence-corrected chi connectivity index (χ1v) is 8.55. The van der Waals surface area contributed by atoms with Gasteiger partial charge in [0, 0.05) is 18.3 Å². The summed E-state index contributed by atoms with van der Waals surface area (Å²) in [4.78, 5) is 16.5. The number of hydrogen-bond acceptors (Lipinski definition) is 4. The largest absolute Gasteiger partial charge is 0.496 e. The van der Waals surface area contributed by atoms with Crippen LogP contribution in [0.3, 0.4) is 0 Å². The lowest BCUT2D eigenvalue weighted by Crippen LogP contribution is -2.25. The average Bonchev–Trinajstić information content (AvgIpc) is 2.70. The minimum atomic E-state index is -0.383. The molecule has 0 aliphatic rings. The van der Waals surface area contributed by atoms with Gasteiger partial charge >= 0.3 is 0 Å². The molecule has 6 heteroatoms. The zero-order chi connectivity index (χ0) is 19.1. The summed E-state index contributed by atoms with van der Waals surface area (Å²) < 4.78 is 19.1. The van der Waals surface area contributed by atoms with Gasteiger partial charge in [-0.25, -0.2) is 9.37 Å². The number of hydrogen-bond donors (Lipinski definition) is 2. The first-order valence-electron chi connectivity index (χ1n) is 8.55. The molecular formula is C21H20FN3O2.